The third kappa shape index (κ3) is 5.73. The molecule has 30 heavy (non-hydrogen) atoms. The Morgan fingerprint density at radius 1 is 1.07 bits per heavy atom. The van der Waals surface area contributed by atoms with Crippen molar-refractivity contribution >= 4 is 15.9 Å². The van der Waals surface area contributed by atoms with Crippen molar-refractivity contribution in [1.29, 1.82) is 0 Å². The zero-order valence-electron chi connectivity index (χ0n) is 16.1. The summed E-state index contributed by atoms with van der Waals surface area (Å²) in [4.78, 5) is 12.3. The van der Waals surface area contributed by atoms with Crippen molar-refractivity contribution in [2.75, 3.05) is 6.61 Å². The number of sulfonamides is 1. The van der Waals surface area contributed by atoms with Crippen LogP contribution in [0.2, 0.25) is 0 Å². The normalized spacial score (nSPS) is 21.3. The van der Waals surface area contributed by atoms with E-state index in [2.05, 4.69) is 10.0 Å². The Morgan fingerprint density at radius 2 is 1.77 bits per heavy atom. The summed E-state index contributed by atoms with van der Waals surface area (Å²) in [6.45, 7) is -0.384. The van der Waals surface area contributed by atoms with Gasteiger partial charge in [-0.15, -0.1) is 0 Å². The summed E-state index contributed by atoms with van der Waals surface area (Å²) in [5.74, 6) is -0.756. The lowest BCUT2D eigenvalue weighted by Crippen LogP contribution is -2.49. The van der Waals surface area contributed by atoms with E-state index in [0.717, 1.165) is 0 Å². The van der Waals surface area contributed by atoms with E-state index in [1.54, 1.807) is 48.6 Å². The van der Waals surface area contributed by atoms with Gasteiger partial charge >= 0.3 is 0 Å². The molecule has 160 valence electrons. The zero-order chi connectivity index (χ0) is 21.6. The largest absolute Gasteiger partial charge is 0.394 e. The number of aliphatic hydroxyl groups excluding tert-OH is 1. The monoisotopic (exact) mass is 434 g/mol. The van der Waals surface area contributed by atoms with Crippen LogP contribution in [0.5, 0.6) is 0 Å². The number of hydrogen-bond acceptors (Lipinski definition) is 5. The quantitative estimate of drug-likeness (QED) is 0.546. The molecule has 3 N–H and O–H groups in total. The molecule has 7 nitrogen and oxygen atoms in total. The average molecular weight is 434 g/mol. The smallest absolute Gasteiger partial charge is 0.241 e. The van der Waals surface area contributed by atoms with Gasteiger partial charge in [0.05, 0.1) is 30.1 Å². The van der Waals surface area contributed by atoms with Crippen LogP contribution in [-0.2, 0) is 26.1 Å². The van der Waals surface area contributed by atoms with Crippen LogP contribution in [0, 0.1) is 5.82 Å². The minimum atomic E-state index is -3.79. The highest BCUT2D eigenvalue weighted by atomic mass is 32.2. The maximum Gasteiger partial charge on any atom is 0.241 e. The molecule has 0 spiro atoms. The Bertz CT molecular complexity index is 997. The van der Waals surface area contributed by atoms with Crippen LogP contribution in [0.15, 0.2) is 71.6 Å². The van der Waals surface area contributed by atoms with E-state index in [-0.39, 0.29) is 23.8 Å². The minimum absolute atomic E-state index is 0.0421. The van der Waals surface area contributed by atoms with Crippen LogP contribution < -0.4 is 10.0 Å². The van der Waals surface area contributed by atoms with Gasteiger partial charge in [-0.05, 0) is 18.2 Å². The zero-order valence-corrected chi connectivity index (χ0v) is 16.9. The van der Waals surface area contributed by atoms with E-state index < -0.39 is 40.7 Å². The molecule has 0 fully saturated rings. The first-order valence-corrected chi connectivity index (χ1v) is 10.9. The highest BCUT2D eigenvalue weighted by Gasteiger charge is 2.31. The van der Waals surface area contributed by atoms with E-state index >= 15 is 0 Å². The van der Waals surface area contributed by atoms with Gasteiger partial charge in [-0.25, -0.2) is 17.5 Å². The Hall–Kier alpha value is -2.59. The molecular weight excluding hydrogens is 411 g/mol. The van der Waals surface area contributed by atoms with Crippen LogP contribution in [0.25, 0.3) is 0 Å². The number of ether oxygens (including phenoxy) is 1. The number of halogens is 1. The van der Waals surface area contributed by atoms with E-state index in [1.807, 2.05) is 0 Å². The van der Waals surface area contributed by atoms with Gasteiger partial charge in [0.15, 0.2) is 0 Å². The van der Waals surface area contributed by atoms with Crippen molar-refractivity contribution in [3.63, 3.8) is 0 Å². The van der Waals surface area contributed by atoms with Crippen LogP contribution >= 0.6 is 0 Å². The number of benzene rings is 2. The number of nitrogens with one attached hydrogen (secondary N) is 2. The number of carbonyl (C=O) groups excluding carboxylic acids is 1. The highest BCUT2D eigenvalue weighted by Crippen LogP contribution is 2.18. The Labute approximate surface area is 174 Å². The lowest BCUT2D eigenvalue weighted by Gasteiger charge is -2.31. The van der Waals surface area contributed by atoms with Gasteiger partial charge in [-0.3, -0.25) is 4.79 Å². The fourth-order valence-corrected chi connectivity index (χ4v) is 4.29. The molecule has 1 aliphatic heterocycles. The van der Waals surface area contributed by atoms with Crippen LogP contribution in [0.1, 0.15) is 12.0 Å². The highest BCUT2D eigenvalue weighted by molar-refractivity contribution is 7.89. The Kier molecular flexibility index (Phi) is 7.33. The number of carbonyl (C=O) groups is 1. The second-order valence-corrected chi connectivity index (χ2v) is 8.53. The topological polar surface area (TPSA) is 105 Å². The van der Waals surface area contributed by atoms with Gasteiger partial charge in [0, 0.05) is 12.1 Å². The molecule has 0 aliphatic carbocycles. The minimum Gasteiger partial charge on any atom is -0.394 e. The summed E-state index contributed by atoms with van der Waals surface area (Å²) in [5, 5.41) is 12.3. The van der Waals surface area contributed by atoms with Crippen LogP contribution in [0.3, 0.4) is 0 Å². The standard InChI is InChI=1S/C21H23FN2O5S/c22-18-9-5-4-6-15(18)13-23-21(26)12-16-10-11-19(20(14-25)29-16)24-30(27,28)17-7-2-1-3-8-17/h1-11,16,19-20,24-25H,12-14H2,(H,23,26)/t16-,19+,20+/m0/s1. The molecule has 0 aromatic heterocycles. The van der Waals surface area contributed by atoms with Crippen molar-refractivity contribution in [1.82, 2.24) is 10.0 Å². The van der Waals surface area contributed by atoms with Gasteiger partial charge in [0.25, 0.3) is 0 Å². The third-order valence-electron chi connectivity index (χ3n) is 4.63. The molecule has 3 atom stereocenters. The first kappa shape index (κ1) is 22.1. The number of hydrogen-bond donors (Lipinski definition) is 3. The number of rotatable bonds is 8. The van der Waals surface area contributed by atoms with Crippen molar-refractivity contribution in [3.05, 3.63) is 78.1 Å². The molecule has 3 rings (SSSR count). The maximum atomic E-state index is 13.6. The van der Waals surface area contributed by atoms with Gasteiger partial charge in [-0.1, -0.05) is 48.6 Å². The number of aliphatic hydroxyl groups is 1. The number of amides is 1. The molecule has 2 aromatic rings. The lowest BCUT2D eigenvalue weighted by molar-refractivity contribution is -0.125. The first-order chi connectivity index (χ1) is 14.4. The second kappa shape index (κ2) is 9.94. The molecule has 0 saturated carbocycles. The van der Waals surface area contributed by atoms with E-state index in [1.165, 1.54) is 18.2 Å². The Morgan fingerprint density at radius 3 is 2.47 bits per heavy atom. The molecule has 9 heteroatoms. The molecule has 2 aromatic carbocycles. The predicted octanol–water partition coefficient (Wildman–Crippen LogP) is 1.49. The predicted molar refractivity (Wildman–Crippen MR) is 108 cm³/mol. The van der Waals surface area contributed by atoms with Gasteiger partial charge < -0.3 is 15.2 Å². The third-order valence-corrected chi connectivity index (χ3v) is 6.10. The summed E-state index contributed by atoms with van der Waals surface area (Å²) in [6, 6.07) is 13.2. The fraction of sp³-hybridized carbons (Fsp3) is 0.286. The molecule has 0 unspecified atom stereocenters. The summed E-state index contributed by atoms with van der Waals surface area (Å²) < 4.78 is 46.8. The summed E-state index contributed by atoms with van der Waals surface area (Å²) in [7, 11) is -3.79. The second-order valence-electron chi connectivity index (χ2n) is 6.81. The molecular formula is C21H23FN2O5S. The van der Waals surface area contributed by atoms with Gasteiger partial charge in [0.1, 0.15) is 11.9 Å². The molecule has 0 bridgehead atoms. The van der Waals surface area contributed by atoms with Crippen molar-refractivity contribution in [2.45, 2.75) is 36.1 Å². The molecule has 1 heterocycles. The van der Waals surface area contributed by atoms with Crippen molar-refractivity contribution < 1.29 is 27.4 Å². The van der Waals surface area contributed by atoms with E-state index in [4.69, 9.17) is 4.74 Å². The average Bonchev–Trinajstić information content (AvgIpc) is 2.74. The lowest BCUT2D eigenvalue weighted by atomic mass is 10.1. The van der Waals surface area contributed by atoms with Gasteiger partial charge in [0.2, 0.25) is 15.9 Å². The SMILES string of the molecule is O=C(C[C@@H]1C=C[C@@H](NS(=O)(=O)c2ccccc2)[C@@H](CO)O1)NCc1ccccc1F. The van der Waals surface area contributed by atoms with Crippen molar-refractivity contribution in [3.8, 4) is 0 Å². The Balaban J connectivity index is 1.58. The van der Waals surface area contributed by atoms with E-state index in [0.29, 0.717) is 5.56 Å². The molecule has 1 aliphatic rings. The summed E-state index contributed by atoms with van der Waals surface area (Å²) in [6.07, 6.45) is 1.62. The molecule has 0 saturated heterocycles. The molecule has 0 radical (unpaired) electrons. The van der Waals surface area contributed by atoms with Crippen LogP contribution in [-0.4, -0.2) is 44.3 Å². The van der Waals surface area contributed by atoms with Crippen LogP contribution in [0.4, 0.5) is 4.39 Å². The first-order valence-electron chi connectivity index (χ1n) is 9.41. The van der Waals surface area contributed by atoms with E-state index in [9.17, 15) is 22.7 Å². The maximum absolute atomic E-state index is 13.6. The van der Waals surface area contributed by atoms with Crippen molar-refractivity contribution in [2.24, 2.45) is 0 Å². The summed E-state index contributed by atoms with van der Waals surface area (Å²) in [5.41, 5.74) is 0.370. The summed E-state index contributed by atoms with van der Waals surface area (Å²) >= 11 is 0. The fourth-order valence-electron chi connectivity index (χ4n) is 3.05. The molecule has 1 amide bonds. The van der Waals surface area contributed by atoms with Gasteiger partial charge in [-0.2, -0.15) is 0 Å².